The van der Waals surface area contributed by atoms with Crippen LogP contribution < -0.4 is 0 Å². The topological polar surface area (TPSA) is 0 Å². The summed E-state index contributed by atoms with van der Waals surface area (Å²) in [5.41, 5.74) is 1.47. The molecule has 1 aromatic rings. The molecule has 0 bridgehead atoms. The lowest BCUT2D eigenvalue weighted by Gasteiger charge is -2.26. The second-order valence-electron chi connectivity index (χ2n) is 4.31. The van der Waals surface area contributed by atoms with Gasteiger partial charge in [0, 0.05) is 5.33 Å². The van der Waals surface area contributed by atoms with Crippen LogP contribution in [0.25, 0.3) is 0 Å². The summed E-state index contributed by atoms with van der Waals surface area (Å²) in [5.74, 6) is 2.05. The van der Waals surface area contributed by atoms with Crippen molar-refractivity contribution < 1.29 is 0 Å². The highest BCUT2D eigenvalue weighted by Crippen LogP contribution is 2.32. The van der Waals surface area contributed by atoms with E-state index in [0.717, 1.165) is 5.33 Å². The molecule has 0 amide bonds. The van der Waals surface area contributed by atoms with Crippen LogP contribution in [-0.2, 0) is 0 Å². The fourth-order valence-corrected chi connectivity index (χ4v) is 2.54. The normalized spacial score (nSPS) is 15.5. The van der Waals surface area contributed by atoms with Crippen molar-refractivity contribution in [3.8, 4) is 0 Å². The van der Waals surface area contributed by atoms with Gasteiger partial charge >= 0.3 is 0 Å². The molecule has 14 heavy (non-hydrogen) atoms. The fraction of sp³-hybridized carbons (Fsp3) is 0.538. The van der Waals surface area contributed by atoms with E-state index in [1.165, 1.54) is 5.56 Å². The number of halogens is 1. The van der Waals surface area contributed by atoms with E-state index >= 15 is 0 Å². The number of alkyl halides is 1. The molecule has 2 atom stereocenters. The zero-order valence-corrected chi connectivity index (χ0v) is 10.8. The Morgan fingerprint density at radius 1 is 1.07 bits per heavy atom. The molecule has 1 heteroatoms. The SMILES string of the molecule is CC(C)C(c1ccccc1)C(C)CBr. The van der Waals surface area contributed by atoms with Crippen LogP contribution in [0, 0.1) is 11.8 Å². The maximum atomic E-state index is 3.58. The standard InChI is InChI=1S/C13H19Br/c1-10(2)13(11(3)9-14)12-7-5-4-6-8-12/h4-8,10-11,13H,9H2,1-3H3. The van der Waals surface area contributed by atoms with E-state index in [1.807, 2.05) is 0 Å². The minimum atomic E-state index is 0.663. The monoisotopic (exact) mass is 254 g/mol. The maximum Gasteiger partial charge on any atom is 0.00629 e. The second-order valence-corrected chi connectivity index (χ2v) is 4.96. The van der Waals surface area contributed by atoms with Gasteiger partial charge in [0.2, 0.25) is 0 Å². The Labute approximate surface area is 95.9 Å². The highest BCUT2D eigenvalue weighted by Gasteiger charge is 2.21. The van der Waals surface area contributed by atoms with Crippen molar-refractivity contribution >= 4 is 15.9 Å². The number of hydrogen-bond acceptors (Lipinski definition) is 0. The minimum Gasteiger partial charge on any atom is -0.0925 e. The molecule has 0 N–H and O–H groups in total. The summed E-state index contributed by atoms with van der Waals surface area (Å²) in [6, 6.07) is 10.8. The predicted molar refractivity (Wildman–Crippen MR) is 67.0 cm³/mol. The molecule has 0 fully saturated rings. The third-order valence-corrected chi connectivity index (χ3v) is 3.78. The Morgan fingerprint density at radius 3 is 2.07 bits per heavy atom. The second kappa shape index (κ2) is 5.55. The van der Waals surface area contributed by atoms with E-state index in [4.69, 9.17) is 0 Å². The molecule has 0 aliphatic rings. The van der Waals surface area contributed by atoms with Gasteiger partial charge in [-0.3, -0.25) is 0 Å². The summed E-state index contributed by atoms with van der Waals surface area (Å²) < 4.78 is 0. The van der Waals surface area contributed by atoms with Crippen molar-refractivity contribution in [3.05, 3.63) is 35.9 Å². The van der Waals surface area contributed by atoms with Gasteiger partial charge in [0.1, 0.15) is 0 Å². The molecule has 78 valence electrons. The van der Waals surface area contributed by atoms with E-state index in [9.17, 15) is 0 Å². The molecule has 0 aliphatic carbocycles. The molecular weight excluding hydrogens is 236 g/mol. The van der Waals surface area contributed by atoms with Crippen LogP contribution in [0.4, 0.5) is 0 Å². The lowest BCUT2D eigenvalue weighted by Crippen LogP contribution is -2.16. The van der Waals surface area contributed by atoms with E-state index in [1.54, 1.807) is 0 Å². The van der Waals surface area contributed by atoms with Gasteiger partial charge in [0.25, 0.3) is 0 Å². The van der Waals surface area contributed by atoms with Crippen molar-refractivity contribution in [1.82, 2.24) is 0 Å². The van der Waals surface area contributed by atoms with Crippen LogP contribution in [-0.4, -0.2) is 5.33 Å². The van der Waals surface area contributed by atoms with Crippen LogP contribution in [0.3, 0.4) is 0 Å². The molecule has 0 spiro atoms. The molecule has 1 rings (SSSR count). The average Bonchev–Trinajstić information content (AvgIpc) is 2.19. The lowest BCUT2D eigenvalue weighted by atomic mass is 9.80. The van der Waals surface area contributed by atoms with Crippen LogP contribution in [0.5, 0.6) is 0 Å². The molecule has 1 aromatic carbocycles. The van der Waals surface area contributed by atoms with E-state index in [0.29, 0.717) is 17.8 Å². The van der Waals surface area contributed by atoms with Gasteiger partial charge in [-0.1, -0.05) is 67.0 Å². The smallest absolute Gasteiger partial charge is 0.00629 e. The molecule has 0 saturated carbocycles. The average molecular weight is 255 g/mol. The van der Waals surface area contributed by atoms with E-state index in [-0.39, 0.29) is 0 Å². The van der Waals surface area contributed by atoms with Gasteiger partial charge in [-0.25, -0.2) is 0 Å². The Bertz CT molecular complexity index is 253. The van der Waals surface area contributed by atoms with E-state index < -0.39 is 0 Å². The summed E-state index contributed by atoms with van der Waals surface area (Å²) in [5, 5.41) is 1.07. The van der Waals surface area contributed by atoms with Crippen molar-refractivity contribution in [2.45, 2.75) is 26.7 Å². The Hall–Kier alpha value is -0.300. The maximum absolute atomic E-state index is 3.58. The number of hydrogen-bond donors (Lipinski definition) is 0. The van der Waals surface area contributed by atoms with Crippen LogP contribution in [0.1, 0.15) is 32.3 Å². The third kappa shape index (κ3) is 2.84. The van der Waals surface area contributed by atoms with Crippen molar-refractivity contribution in [2.75, 3.05) is 5.33 Å². The first-order valence-electron chi connectivity index (χ1n) is 5.27. The van der Waals surface area contributed by atoms with Gasteiger partial charge in [0.05, 0.1) is 0 Å². The zero-order valence-electron chi connectivity index (χ0n) is 9.20. The Kier molecular flexibility index (Phi) is 4.67. The molecule has 0 aliphatic heterocycles. The number of benzene rings is 1. The highest BCUT2D eigenvalue weighted by atomic mass is 79.9. The molecule has 0 heterocycles. The van der Waals surface area contributed by atoms with Gasteiger partial charge in [-0.15, -0.1) is 0 Å². The summed E-state index contributed by atoms with van der Waals surface area (Å²) in [7, 11) is 0. The molecule has 0 saturated heterocycles. The lowest BCUT2D eigenvalue weighted by molar-refractivity contribution is 0.394. The summed E-state index contributed by atoms with van der Waals surface area (Å²) in [6.07, 6.45) is 0. The molecule has 0 aromatic heterocycles. The highest BCUT2D eigenvalue weighted by molar-refractivity contribution is 9.09. The van der Waals surface area contributed by atoms with Crippen LogP contribution in [0.2, 0.25) is 0 Å². The van der Waals surface area contributed by atoms with Gasteiger partial charge in [-0.2, -0.15) is 0 Å². The fourth-order valence-electron chi connectivity index (χ4n) is 2.14. The van der Waals surface area contributed by atoms with Gasteiger partial charge < -0.3 is 0 Å². The third-order valence-electron chi connectivity index (χ3n) is 2.76. The Balaban J connectivity index is 2.89. The van der Waals surface area contributed by atoms with Crippen molar-refractivity contribution in [3.63, 3.8) is 0 Å². The van der Waals surface area contributed by atoms with Crippen molar-refractivity contribution in [1.29, 1.82) is 0 Å². The summed E-state index contributed by atoms with van der Waals surface area (Å²) in [6.45, 7) is 6.92. The van der Waals surface area contributed by atoms with Gasteiger partial charge in [0.15, 0.2) is 0 Å². The van der Waals surface area contributed by atoms with Crippen molar-refractivity contribution in [2.24, 2.45) is 11.8 Å². The first-order valence-corrected chi connectivity index (χ1v) is 6.40. The largest absolute Gasteiger partial charge is 0.0925 e. The predicted octanol–water partition coefficient (Wildman–Crippen LogP) is 4.46. The Morgan fingerprint density at radius 2 is 1.64 bits per heavy atom. The summed E-state index contributed by atoms with van der Waals surface area (Å²) in [4.78, 5) is 0. The zero-order chi connectivity index (χ0) is 10.6. The summed E-state index contributed by atoms with van der Waals surface area (Å²) >= 11 is 3.58. The first kappa shape index (κ1) is 11.8. The first-order chi connectivity index (χ1) is 6.66. The van der Waals surface area contributed by atoms with Crippen LogP contribution in [0.15, 0.2) is 30.3 Å². The van der Waals surface area contributed by atoms with E-state index in [2.05, 4.69) is 67.0 Å². The van der Waals surface area contributed by atoms with Crippen LogP contribution >= 0.6 is 15.9 Å². The number of rotatable bonds is 4. The quantitative estimate of drug-likeness (QED) is 0.697. The molecule has 0 nitrogen and oxygen atoms in total. The molecular formula is C13H19Br. The molecule has 0 radical (unpaired) electrons. The van der Waals surface area contributed by atoms with Gasteiger partial charge in [-0.05, 0) is 23.3 Å². The molecule has 2 unspecified atom stereocenters. The minimum absolute atomic E-state index is 0.663.